The van der Waals surface area contributed by atoms with E-state index in [1.54, 1.807) is 17.0 Å². The van der Waals surface area contributed by atoms with Crippen LogP contribution in [0, 0.1) is 0 Å². The molecule has 1 aromatic rings. The van der Waals surface area contributed by atoms with Gasteiger partial charge < -0.3 is 9.64 Å². The van der Waals surface area contributed by atoms with Gasteiger partial charge in [-0.3, -0.25) is 9.59 Å². The summed E-state index contributed by atoms with van der Waals surface area (Å²) in [4.78, 5) is 26.5. The van der Waals surface area contributed by atoms with Crippen molar-refractivity contribution in [3.63, 3.8) is 0 Å². The van der Waals surface area contributed by atoms with Crippen molar-refractivity contribution in [2.45, 2.75) is 25.8 Å². The lowest BCUT2D eigenvalue weighted by Gasteiger charge is -2.42. The van der Waals surface area contributed by atoms with E-state index in [9.17, 15) is 18.0 Å². The summed E-state index contributed by atoms with van der Waals surface area (Å²) in [5.74, 6) is -0.860. The van der Waals surface area contributed by atoms with E-state index in [1.807, 2.05) is 13.8 Å². The summed E-state index contributed by atoms with van der Waals surface area (Å²) in [6, 6.07) is 6.22. The highest BCUT2D eigenvalue weighted by atomic mass is 32.2. The maximum Gasteiger partial charge on any atom is 0.254 e. The molecule has 0 saturated carbocycles. The standard InChI is InChI=1S/C16H20N2O5S/c1-16(2)11-23-8-7-17(16)15(20)12-4-3-5-13(10-12)18-14(19)6-9-24(18,21)22/h3-5,10H,6-9,11H2,1-2H3. The van der Waals surface area contributed by atoms with Crippen LogP contribution in [0.15, 0.2) is 24.3 Å². The van der Waals surface area contributed by atoms with E-state index in [4.69, 9.17) is 4.74 Å². The minimum absolute atomic E-state index is 0.0308. The summed E-state index contributed by atoms with van der Waals surface area (Å²) >= 11 is 0. The van der Waals surface area contributed by atoms with Crippen molar-refractivity contribution >= 4 is 27.5 Å². The second-order valence-electron chi connectivity index (χ2n) is 6.60. The number of carbonyl (C=O) groups is 2. The molecule has 0 bridgehead atoms. The van der Waals surface area contributed by atoms with E-state index in [2.05, 4.69) is 0 Å². The van der Waals surface area contributed by atoms with Gasteiger partial charge in [0.1, 0.15) is 0 Å². The molecule has 0 aliphatic carbocycles. The third-order valence-corrected chi connectivity index (χ3v) is 5.99. The predicted molar refractivity (Wildman–Crippen MR) is 88.3 cm³/mol. The van der Waals surface area contributed by atoms with Gasteiger partial charge in [-0.25, -0.2) is 12.7 Å². The Balaban J connectivity index is 1.93. The summed E-state index contributed by atoms with van der Waals surface area (Å²) in [5, 5.41) is 0. The Labute approximate surface area is 141 Å². The van der Waals surface area contributed by atoms with Crippen molar-refractivity contribution in [1.82, 2.24) is 4.90 Å². The van der Waals surface area contributed by atoms with Crippen molar-refractivity contribution in [3.8, 4) is 0 Å². The van der Waals surface area contributed by atoms with Crippen LogP contribution < -0.4 is 4.31 Å². The lowest BCUT2D eigenvalue weighted by molar-refractivity contribution is -0.116. The minimum Gasteiger partial charge on any atom is -0.377 e. The van der Waals surface area contributed by atoms with Gasteiger partial charge in [-0.1, -0.05) is 6.07 Å². The van der Waals surface area contributed by atoms with Gasteiger partial charge in [-0.2, -0.15) is 0 Å². The number of ether oxygens (including phenoxy) is 1. The minimum atomic E-state index is -3.64. The van der Waals surface area contributed by atoms with Crippen LogP contribution in [-0.2, 0) is 19.6 Å². The highest BCUT2D eigenvalue weighted by molar-refractivity contribution is 7.94. The average molecular weight is 352 g/mol. The fourth-order valence-electron chi connectivity index (χ4n) is 3.02. The van der Waals surface area contributed by atoms with Crippen molar-refractivity contribution in [2.75, 3.05) is 29.8 Å². The molecule has 0 spiro atoms. The van der Waals surface area contributed by atoms with Gasteiger partial charge in [-0.05, 0) is 32.0 Å². The fourth-order valence-corrected chi connectivity index (χ4v) is 4.48. The number of hydrogen-bond acceptors (Lipinski definition) is 5. The molecule has 7 nitrogen and oxygen atoms in total. The number of nitrogens with zero attached hydrogens (tertiary/aromatic N) is 2. The van der Waals surface area contributed by atoms with E-state index in [-0.39, 0.29) is 23.8 Å². The van der Waals surface area contributed by atoms with Crippen LogP contribution in [0.2, 0.25) is 0 Å². The lowest BCUT2D eigenvalue weighted by atomic mass is 10.0. The third kappa shape index (κ3) is 2.91. The predicted octanol–water partition coefficient (Wildman–Crippen LogP) is 1.00. The summed E-state index contributed by atoms with van der Waals surface area (Å²) < 4.78 is 30.3. The van der Waals surface area contributed by atoms with Crippen LogP contribution >= 0.6 is 0 Å². The number of amides is 2. The molecule has 3 rings (SSSR count). The Kier molecular flexibility index (Phi) is 4.13. The number of benzene rings is 1. The largest absolute Gasteiger partial charge is 0.377 e. The van der Waals surface area contributed by atoms with E-state index < -0.39 is 21.5 Å². The molecule has 0 radical (unpaired) electrons. The van der Waals surface area contributed by atoms with Crippen LogP contribution in [0.4, 0.5) is 5.69 Å². The first-order valence-corrected chi connectivity index (χ1v) is 9.39. The quantitative estimate of drug-likeness (QED) is 0.793. The van der Waals surface area contributed by atoms with Crippen molar-refractivity contribution in [3.05, 3.63) is 29.8 Å². The summed E-state index contributed by atoms with van der Waals surface area (Å²) in [6.07, 6.45) is -0.0308. The molecule has 8 heteroatoms. The molecule has 2 aliphatic heterocycles. The smallest absolute Gasteiger partial charge is 0.254 e. The van der Waals surface area contributed by atoms with Crippen LogP contribution in [0.25, 0.3) is 0 Å². The fraction of sp³-hybridized carbons (Fsp3) is 0.500. The van der Waals surface area contributed by atoms with E-state index in [0.29, 0.717) is 25.3 Å². The molecule has 2 aliphatic rings. The Hall–Kier alpha value is -1.93. The molecule has 2 fully saturated rings. The monoisotopic (exact) mass is 352 g/mol. The molecule has 2 saturated heterocycles. The number of rotatable bonds is 2. The average Bonchev–Trinajstić information content (AvgIpc) is 2.79. The first kappa shape index (κ1) is 16.9. The molecular weight excluding hydrogens is 332 g/mol. The molecular formula is C16H20N2O5S. The van der Waals surface area contributed by atoms with Gasteiger partial charge in [0.15, 0.2) is 0 Å². The second-order valence-corrected chi connectivity index (χ2v) is 8.53. The third-order valence-electron chi connectivity index (χ3n) is 4.30. The van der Waals surface area contributed by atoms with E-state index in [0.717, 1.165) is 4.31 Å². The van der Waals surface area contributed by atoms with Crippen LogP contribution in [0.1, 0.15) is 30.6 Å². The second kappa shape index (κ2) is 5.86. The van der Waals surface area contributed by atoms with Gasteiger partial charge >= 0.3 is 0 Å². The van der Waals surface area contributed by atoms with Gasteiger partial charge in [0.05, 0.1) is 30.2 Å². The molecule has 0 aromatic heterocycles. The summed E-state index contributed by atoms with van der Waals surface area (Å²) in [7, 11) is -3.64. The zero-order chi connectivity index (χ0) is 17.5. The maximum atomic E-state index is 12.8. The molecule has 24 heavy (non-hydrogen) atoms. The Morgan fingerprint density at radius 2 is 2.04 bits per heavy atom. The van der Waals surface area contributed by atoms with Crippen molar-refractivity contribution in [1.29, 1.82) is 0 Å². The zero-order valence-corrected chi connectivity index (χ0v) is 14.5. The Morgan fingerprint density at radius 1 is 1.29 bits per heavy atom. The number of carbonyl (C=O) groups excluding carboxylic acids is 2. The zero-order valence-electron chi connectivity index (χ0n) is 13.7. The normalized spacial score (nSPS) is 22.7. The molecule has 130 valence electrons. The van der Waals surface area contributed by atoms with Gasteiger partial charge in [0.2, 0.25) is 15.9 Å². The number of morpholine rings is 1. The first-order chi connectivity index (χ1) is 11.2. The highest BCUT2D eigenvalue weighted by Crippen LogP contribution is 2.28. The van der Waals surface area contributed by atoms with E-state index in [1.165, 1.54) is 12.1 Å². The highest BCUT2D eigenvalue weighted by Gasteiger charge is 2.38. The number of sulfonamides is 1. The molecule has 0 N–H and O–H groups in total. The molecule has 0 atom stereocenters. The van der Waals surface area contributed by atoms with Crippen molar-refractivity contribution in [2.24, 2.45) is 0 Å². The Morgan fingerprint density at radius 3 is 2.67 bits per heavy atom. The van der Waals surface area contributed by atoms with Gasteiger partial charge in [0.25, 0.3) is 5.91 Å². The summed E-state index contributed by atoms with van der Waals surface area (Å²) in [5.41, 5.74) is 0.132. The number of anilines is 1. The maximum absolute atomic E-state index is 12.8. The summed E-state index contributed by atoms with van der Waals surface area (Å²) in [6.45, 7) is 5.22. The molecule has 1 aromatic carbocycles. The van der Waals surface area contributed by atoms with Gasteiger partial charge in [0, 0.05) is 18.5 Å². The van der Waals surface area contributed by atoms with Crippen LogP contribution in [0.3, 0.4) is 0 Å². The van der Waals surface area contributed by atoms with Crippen molar-refractivity contribution < 1.29 is 22.7 Å². The topological polar surface area (TPSA) is 84.0 Å². The lowest BCUT2D eigenvalue weighted by Crippen LogP contribution is -2.55. The molecule has 2 heterocycles. The molecule has 2 amide bonds. The SMILES string of the molecule is CC1(C)COCCN1C(=O)c1cccc(N2C(=O)CCS2(=O)=O)c1. The molecule has 0 unspecified atom stereocenters. The Bertz CT molecular complexity index is 787. The first-order valence-electron chi connectivity index (χ1n) is 7.78. The van der Waals surface area contributed by atoms with Gasteiger partial charge in [-0.15, -0.1) is 0 Å². The van der Waals surface area contributed by atoms with Crippen LogP contribution in [0.5, 0.6) is 0 Å². The number of hydrogen-bond donors (Lipinski definition) is 0. The van der Waals surface area contributed by atoms with Crippen LogP contribution in [-0.4, -0.2) is 56.2 Å². The van der Waals surface area contributed by atoms with E-state index >= 15 is 0 Å².